The van der Waals surface area contributed by atoms with E-state index in [1.807, 2.05) is 30.3 Å². The highest BCUT2D eigenvalue weighted by Gasteiger charge is 2.28. The Hall–Kier alpha value is -2.46. The molecule has 0 N–H and O–H groups in total. The molecule has 1 aromatic heterocycles. The van der Waals surface area contributed by atoms with E-state index in [-0.39, 0.29) is 0 Å². The lowest BCUT2D eigenvalue weighted by molar-refractivity contribution is 0.309. The van der Waals surface area contributed by atoms with Gasteiger partial charge in [-0.1, -0.05) is 65.3 Å². The molecule has 24 heavy (non-hydrogen) atoms. The summed E-state index contributed by atoms with van der Waals surface area (Å²) in [5, 5.41) is 4.15. The fraction of sp³-hybridized carbons (Fsp3) is 0.300. The first-order chi connectivity index (χ1) is 11.8. The molecule has 1 saturated heterocycles. The second-order valence-electron chi connectivity index (χ2n) is 6.53. The average Bonchev–Trinajstić information content (AvgIpc) is 3.25. The van der Waals surface area contributed by atoms with Gasteiger partial charge >= 0.3 is 0 Å². The Morgan fingerprint density at radius 3 is 2.83 bits per heavy atom. The minimum atomic E-state index is 0.333. The lowest BCUT2D eigenvalue weighted by Crippen LogP contribution is -2.19. The number of benzene rings is 2. The first-order valence-corrected chi connectivity index (χ1v) is 8.45. The number of hydrogen-bond acceptors (Lipinski definition) is 4. The number of rotatable bonds is 4. The van der Waals surface area contributed by atoms with Crippen molar-refractivity contribution in [1.82, 2.24) is 15.0 Å². The highest BCUT2D eigenvalue weighted by Crippen LogP contribution is 2.28. The van der Waals surface area contributed by atoms with Gasteiger partial charge in [-0.15, -0.1) is 0 Å². The molecule has 3 aromatic rings. The standard InChI is InChI=1S/C20H21N3O/c1-15-6-5-7-16(12-15)13-23-11-10-18(14-23)20-21-19(22-24-20)17-8-3-2-4-9-17/h2-9,12,18H,10-11,13-14H2,1H3/t18-/m1/s1. The van der Waals surface area contributed by atoms with Crippen molar-refractivity contribution in [3.8, 4) is 11.4 Å². The summed E-state index contributed by atoms with van der Waals surface area (Å²) in [6.45, 7) is 5.17. The van der Waals surface area contributed by atoms with Crippen molar-refractivity contribution in [2.45, 2.75) is 25.8 Å². The van der Waals surface area contributed by atoms with Crippen molar-refractivity contribution in [2.75, 3.05) is 13.1 Å². The van der Waals surface area contributed by atoms with E-state index in [0.717, 1.165) is 37.5 Å². The zero-order chi connectivity index (χ0) is 16.4. The van der Waals surface area contributed by atoms with Gasteiger partial charge in [0, 0.05) is 18.7 Å². The number of likely N-dealkylation sites (tertiary alicyclic amines) is 1. The minimum absolute atomic E-state index is 0.333. The fourth-order valence-electron chi connectivity index (χ4n) is 3.35. The summed E-state index contributed by atoms with van der Waals surface area (Å²) in [4.78, 5) is 7.08. The molecule has 1 fully saturated rings. The van der Waals surface area contributed by atoms with Gasteiger partial charge in [-0.05, 0) is 25.5 Å². The average molecular weight is 319 g/mol. The van der Waals surface area contributed by atoms with Crippen LogP contribution in [-0.4, -0.2) is 28.1 Å². The molecule has 0 unspecified atom stereocenters. The first kappa shape index (κ1) is 15.1. The number of aryl methyl sites for hydroxylation is 1. The summed E-state index contributed by atoms with van der Waals surface area (Å²) in [6.07, 6.45) is 1.07. The maximum atomic E-state index is 5.53. The molecule has 122 valence electrons. The monoisotopic (exact) mass is 319 g/mol. The highest BCUT2D eigenvalue weighted by molar-refractivity contribution is 5.53. The molecule has 1 aliphatic heterocycles. The third-order valence-corrected chi connectivity index (χ3v) is 4.58. The molecule has 0 aliphatic carbocycles. The fourth-order valence-corrected chi connectivity index (χ4v) is 3.35. The molecule has 4 nitrogen and oxygen atoms in total. The van der Waals surface area contributed by atoms with Gasteiger partial charge in [0.15, 0.2) is 0 Å². The Morgan fingerprint density at radius 2 is 2.00 bits per heavy atom. The van der Waals surface area contributed by atoms with Crippen LogP contribution in [-0.2, 0) is 6.54 Å². The Kier molecular flexibility index (Phi) is 4.13. The predicted octanol–water partition coefficient (Wildman–Crippen LogP) is 4.03. The number of nitrogens with zero attached hydrogens (tertiary/aromatic N) is 3. The predicted molar refractivity (Wildman–Crippen MR) is 93.5 cm³/mol. The molecule has 0 saturated carbocycles. The van der Waals surface area contributed by atoms with Gasteiger partial charge in [0.25, 0.3) is 0 Å². The van der Waals surface area contributed by atoms with Gasteiger partial charge in [-0.25, -0.2) is 0 Å². The molecule has 2 aromatic carbocycles. The summed E-state index contributed by atoms with van der Waals surface area (Å²) in [7, 11) is 0. The summed E-state index contributed by atoms with van der Waals surface area (Å²) in [5.74, 6) is 1.78. The van der Waals surface area contributed by atoms with Crippen LogP contribution in [0.4, 0.5) is 0 Å². The van der Waals surface area contributed by atoms with E-state index < -0.39 is 0 Å². The van der Waals surface area contributed by atoms with Gasteiger partial charge in [-0.3, -0.25) is 4.90 Å². The third kappa shape index (κ3) is 3.24. The molecule has 0 amide bonds. The van der Waals surface area contributed by atoms with E-state index in [4.69, 9.17) is 4.52 Å². The second-order valence-corrected chi connectivity index (χ2v) is 6.53. The number of aromatic nitrogens is 2. The SMILES string of the molecule is Cc1cccc(CN2CC[C@@H](c3nc(-c4ccccc4)no3)C2)c1. The van der Waals surface area contributed by atoms with Crippen LogP contribution in [0.15, 0.2) is 59.1 Å². The molecule has 0 spiro atoms. The Morgan fingerprint density at radius 1 is 1.12 bits per heavy atom. The van der Waals surface area contributed by atoms with E-state index in [1.165, 1.54) is 11.1 Å². The second kappa shape index (κ2) is 6.57. The smallest absolute Gasteiger partial charge is 0.231 e. The molecule has 0 bridgehead atoms. The van der Waals surface area contributed by atoms with Crippen molar-refractivity contribution >= 4 is 0 Å². The Bertz CT molecular complexity index is 813. The van der Waals surface area contributed by atoms with E-state index >= 15 is 0 Å². The van der Waals surface area contributed by atoms with Gasteiger partial charge in [-0.2, -0.15) is 4.98 Å². The van der Waals surface area contributed by atoms with Crippen LogP contribution in [0.1, 0.15) is 29.4 Å². The van der Waals surface area contributed by atoms with Crippen LogP contribution >= 0.6 is 0 Å². The first-order valence-electron chi connectivity index (χ1n) is 8.45. The molecule has 1 aliphatic rings. The summed E-state index contributed by atoms with van der Waals surface area (Å²) < 4.78 is 5.53. The van der Waals surface area contributed by atoms with Crippen LogP contribution in [0.5, 0.6) is 0 Å². The van der Waals surface area contributed by atoms with Gasteiger partial charge in [0.2, 0.25) is 11.7 Å². The van der Waals surface area contributed by atoms with Gasteiger partial charge < -0.3 is 4.52 Å². The zero-order valence-electron chi connectivity index (χ0n) is 13.9. The van der Waals surface area contributed by atoms with Crippen molar-refractivity contribution in [1.29, 1.82) is 0 Å². The maximum absolute atomic E-state index is 5.53. The largest absolute Gasteiger partial charge is 0.339 e. The topological polar surface area (TPSA) is 42.2 Å². The quantitative estimate of drug-likeness (QED) is 0.728. The van der Waals surface area contributed by atoms with Crippen LogP contribution in [0.3, 0.4) is 0 Å². The third-order valence-electron chi connectivity index (χ3n) is 4.58. The molecule has 4 rings (SSSR count). The molecular weight excluding hydrogens is 298 g/mol. The van der Waals surface area contributed by atoms with Gasteiger partial charge in [0.05, 0.1) is 5.92 Å². The van der Waals surface area contributed by atoms with E-state index in [1.54, 1.807) is 0 Å². The van der Waals surface area contributed by atoms with Crippen LogP contribution in [0.25, 0.3) is 11.4 Å². The summed E-state index contributed by atoms with van der Waals surface area (Å²) >= 11 is 0. The number of hydrogen-bond donors (Lipinski definition) is 0. The Labute approximate surface area is 142 Å². The summed E-state index contributed by atoms with van der Waals surface area (Å²) in [5.41, 5.74) is 3.68. The normalized spacial score (nSPS) is 18.1. The van der Waals surface area contributed by atoms with E-state index in [2.05, 4.69) is 46.2 Å². The van der Waals surface area contributed by atoms with Crippen LogP contribution < -0.4 is 0 Å². The van der Waals surface area contributed by atoms with Crippen molar-refractivity contribution in [3.05, 3.63) is 71.6 Å². The summed E-state index contributed by atoms with van der Waals surface area (Å²) in [6, 6.07) is 18.7. The van der Waals surface area contributed by atoms with Gasteiger partial charge in [0.1, 0.15) is 0 Å². The molecule has 2 heterocycles. The minimum Gasteiger partial charge on any atom is -0.339 e. The maximum Gasteiger partial charge on any atom is 0.231 e. The molecule has 0 radical (unpaired) electrons. The molecule has 4 heteroatoms. The zero-order valence-corrected chi connectivity index (χ0v) is 13.9. The lowest BCUT2D eigenvalue weighted by atomic mass is 10.1. The highest BCUT2D eigenvalue weighted by atomic mass is 16.5. The van der Waals surface area contributed by atoms with Crippen LogP contribution in [0, 0.1) is 6.92 Å². The Balaban J connectivity index is 1.43. The van der Waals surface area contributed by atoms with Crippen molar-refractivity contribution < 1.29 is 4.52 Å². The van der Waals surface area contributed by atoms with E-state index in [9.17, 15) is 0 Å². The van der Waals surface area contributed by atoms with E-state index in [0.29, 0.717) is 11.7 Å². The molecular formula is C20H21N3O. The van der Waals surface area contributed by atoms with Crippen molar-refractivity contribution in [3.63, 3.8) is 0 Å². The van der Waals surface area contributed by atoms with Crippen molar-refractivity contribution in [2.24, 2.45) is 0 Å². The molecule has 1 atom stereocenters. The lowest BCUT2D eigenvalue weighted by Gasteiger charge is -2.15. The van der Waals surface area contributed by atoms with Crippen LogP contribution in [0.2, 0.25) is 0 Å².